The van der Waals surface area contributed by atoms with Crippen LogP contribution in [-0.4, -0.2) is 6.61 Å². The molecule has 2 heteroatoms. The van der Waals surface area contributed by atoms with Crippen molar-refractivity contribution in [3.05, 3.63) is 39.9 Å². The fourth-order valence-corrected chi connectivity index (χ4v) is 2.48. The van der Waals surface area contributed by atoms with Crippen molar-refractivity contribution in [3.63, 3.8) is 0 Å². The van der Waals surface area contributed by atoms with Gasteiger partial charge in [-0.05, 0) is 61.8 Å². The van der Waals surface area contributed by atoms with Gasteiger partial charge in [-0.3, -0.25) is 0 Å². The molecule has 0 saturated carbocycles. The van der Waals surface area contributed by atoms with Crippen molar-refractivity contribution in [3.8, 4) is 5.75 Å². The summed E-state index contributed by atoms with van der Waals surface area (Å²) >= 11 is 6.40. The predicted molar refractivity (Wildman–Crippen MR) is 89.0 cm³/mol. The Bertz CT molecular complexity index is 463. The van der Waals surface area contributed by atoms with Gasteiger partial charge in [-0.2, -0.15) is 0 Å². The van der Waals surface area contributed by atoms with Crippen molar-refractivity contribution >= 4 is 11.6 Å². The van der Waals surface area contributed by atoms with Gasteiger partial charge in [0.05, 0.1) is 6.61 Å². The van der Waals surface area contributed by atoms with Gasteiger partial charge in [-0.25, -0.2) is 0 Å². The van der Waals surface area contributed by atoms with Gasteiger partial charge in [0.1, 0.15) is 5.75 Å². The van der Waals surface area contributed by atoms with Crippen LogP contribution in [0.25, 0.3) is 0 Å². The molecule has 1 unspecified atom stereocenters. The summed E-state index contributed by atoms with van der Waals surface area (Å²) in [6.07, 6.45) is 7.57. The zero-order valence-corrected chi connectivity index (χ0v) is 14.2. The molecule has 0 radical (unpaired) electrons. The average molecular weight is 295 g/mol. The van der Waals surface area contributed by atoms with E-state index in [2.05, 4.69) is 45.9 Å². The van der Waals surface area contributed by atoms with E-state index in [0.29, 0.717) is 5.92 Å². The fourth-order valence-electron chi connectivity index (χ4n) is 2.31. The number of rotatable bonds is 7. The predicted octanol–water partition coefficient (Wildman–Crippen LogP) is 5.89. The van der Waals surface area contributed by atoms with Crippen LogP contribution in [0.2, 0.25) is 5.02 Å². The molecule has 20 heavy (non-hydrogen) atoms. The second kappa shape index (κ2) is 8.36. The Morgan fingerprint density at radius 1 is 1.30 bits per heavy atom. The lowest BCUT2D eigenvalue weighted by Gasteiger charge is -2.18. The molecule has 1 rings (SSSR count). The molecule has 1 atom stereocenters. The van der Waals surface area contributed by atoms with Gasteiger partial charge < -0.3 is 4.74 Å². The van der Waals surface area contributed by atoms with Gasteiger partial charge in [0.25, 0.3) is 0 Å². The lowest BCUT2D eigenvalue weighted by Crippen LogP contribution is -2.06. The molecule has 1 nitrogen and oxygen atoms in total. The van der Waals surface area contributed by atoms with Gasteiger partial charge in [-0.15, -0.1) is 0 Å². The SMILES string of the molecule is CC/C=C\C(C)Cc1c(OCCC)cc(C)c(Cl)c1C. The third-order valence-electron chi connectivity index (χ3n) is 3.46. The highest BCUT2D eigenvalue weighted by molar-refractivity contribution is 6.32. The van der Waals surface area contributed by atoms with Crippen LogP contribution in [0.4, 0.5) is 0 Å². The summed E-state index contributed by atoms with van der Waals surface area (Å²) in [5.41, 5.74) is 3.51. The molecular formula is C18H27ClO. The van der Waals surface area contributed by atoms with Crippen LogP contribution in [0.1, 0.15) is 50.3 Å². The Kier molecular flexibility index (Phi) is 7.15. The second-order valence-corrected chi connectivity index (χ2v) is 5.85. The first kappa shape index (κ1) is 17.1. The molecule has 0 spiro atoms. The highest BCUT2D eigenvalue weighted by atomic mass is 35.5. The molecule has 0 aliphatic heterocycles. The molecule has 1 aromatic carbocycles. The van der Waals surface area contributed by atoms with Crippen molar-refractivity contribution in [2.24, 2.45) is 5.92 Å². The number of ether oxygens (including phenoxy) is 1. The standard InChI is InChI=1S/C18H27ClO/c1-6-8-9-13(3)11-16-15(5)18(19)14(4)12-17(16)20-10-7-2/h8-9,12-13H,6-7,10-11H2,1-5H3/b9-8-. The van der Waals surface area contributed by atoms with Gasteiger partial charge >= 0.3 is 0 Å². The minimum atomic E-state index is 0.497. The maximum Gasteiger partial charge on any atom is 0.123 e. The summed E-state index contributed by atoms with van der Waals surface area (Å²) in [5.74, 6) is 1.50. The van der Waals surface area contributed by atoms with E-state index in [9.17, 15) is 0 Å². The summed E-state index contributed by atoms with van der Waals surface area (Å²) in [6, 6.07) is 2.08. The van der Waals surface area contributed by atoms with Crippen LogP contribution in [0, 0.1) is 19.8 Å². The first-order valence-electron chi connectivity index (χ1n) is 7.59. The topological polar surface area (TPSA) is 9.23 Å². The van der Waals surface area contributed by atoms with E-state index < -0.39 is 0 Å². The number of aryl methyl sites for hydroxylation is 1. The number of benzene rings is 1. The Morgan fingerprint density at radius 2 is 2.00 bits per heavy atom. The van der Waals surface area contributed by atoms with Crippen LogP contribution < -0.4 is 4.74 Å². The molecule has 0 N–H and O–H groups in total. The first-order chi connectivity index (χ1) is 9.51. The minimum absolute atomic E-state index is 0.497. The lowest BCUT2D eigenvalue weighted by atomic mass is 9.94. The molecule has 0 heterocycles. The molecule has 0 bridgehead atoms. The fraction of sp³-hybridized carbons (Fsp3) is 0.556. The van der Waals surface area contributed by atoms with Gasteiger partial charge in [-0.1, -0.05) is 44.5 Å². The molecule has 0 fully saturated rings. The molecule has 0 aliphatic carbocycles. The normalized spacial score (nSPS) is 12.9. The Hall–Kier alpha value is -0.950. The van der Waals surface area contributed by atoms with Crippen LogP contribution in [-0.2, 0) is 6.42 Å². The lowest BCUT2D eigenvalue weighted by molar-refractivity contribution is 0.313. The summed E-state index contributed by atoms with van der Waals surface area (Å²) in [6.45, 7) is 11.4. The first-order valence-corrected chi connectivity index (χ1v) is 7.97. The molecule has 0 saturated heterocycles. The minimum Gasteiger partial charge on any atom is -0.493 e. The highest BCUT2D eigenvalue weighted by Gasteiger charge is 2.14. The van der Waals surface area contributed by atoms with Crippen molar-refractivity contribution in [2.75, 3.05) is 6.61 Å². The number of allylic oxidation sites excluding steroid dienone is 2. The summed E-state index contributed by atoms with van der Waals surface area (Å²) < 4.78 is 5.93. The Balaban J connectivity index is 3.07. The summed E-state index contributed by atoms with van der Waals surface area (Å²) in [4.78, 5) is 0. The third-order valence-corrected chi connectivity index (χ3v) is 4.04. The average Bonchev–Trinajstić information content (AvgIpc) is 2.44. The van der Waals surface area contributed by atoms with Gasteiger partial charge in [0.2, 0.25) is 0 Å². The number of hydrogen-bond donors (Lipinski definition) is 0. The third kappa shape index (κ3) is 4.56. The van der Waals surface area contributed by atoms with E-state index in [4.69, 9.17) is 16.3 Å². The van der Waals surface area contributed by atoms with Crippen LogP contribution in [0.15, 0.2) is 18.2 Å². The smallest absolute Gasteiger partial charge is 0.123 e. The van der Waals surface area contributed by atoms with Crippen LogP contribution in [0.5, 0.6) is 5.75 Å². The largest absolute Gasteiger partial charge is 0.493 e. The van der Waals surface area contributed by atoms with Gasteiger partial charge in [0, 0.05) is 5.02 Å². The zero-order chi connectivity index (χ0) is 15.1. The van der Waals surface area contributed by atoms with E-state index >= 15 is 0 Å². The molecule has 112 valence electrons. The van der Waals surface area contributed by atoms with E-state index in [1.165, 1.54) is 5.56 Å². The zero-order valence-electron chi connectivity index (χ0n) is 13.4. The molecule has 1 aromatic rings. The maximum atomic E-state index is 6.40. The Labute approximate surface area is 129 Å². The van der Waals surface area contributed by atoms with E-state index in [1.54, 1.807) is 0 Å². The van der Waals surface area contributed by atoms with Crippen molar-refractivity contribution in [1.29, 1.82) is 0 Å². The monoisotopic (exact) mass is 294 g/mol. The molecular weight excluding hydrogens is 268 g/mol. The molecule has 0 aromatic heterocycles. The van der Waals surface area contributed by atoms with Gasteiger partial charge in [0.15, 0.2) is 0 Å². The second-order valence-electron chi connectivity index (χ2n) is 5.48. The number of hydrogen-bond acceptors (Lipinski definition) is 1. The van der Waals surface area contributed by atoms with Crippen molar-refractivity contribution in [2.45, 2.75) is 53.9 Å². The van der Waals surface area contributed by atoms with E-state index in [0.717, 1.165) is 47.8 Å². The maximum absolute atomic E-state index is 6.40. The number of halogens is 1. The van der Waals surface area contributed by atoms with E-state index in [-0.39, 0.29) is 0 Å². The highest BCUT2D eigenvalue weighted by Crippen LogP contribution is 2.33. The summed E-state index contributed by atoms with van der Waals surface area (Å²) in [5, 5.41) is 0.871. The van der Waals surface area contributed by atoms with Crippen molar-refractivity contribution in [1.82, 2.24) is 0 Å². The quantitative estimate of drug-likeness (QED) is 0.570. The summed E-state index contributed by atoms with van der Waals surface area (Å²) in [7, 11) is 0. The van der Waals surface area contributed by atoms with Crippen LogP contribution in [0.3, 0.4) is 0 Å². The Morgan fingerprint density at radius 3 is 2.60 bits per heavy atom. The molecule has 0 amide bonds. The van der Waals surface area contributed by atoms with Crippen molar-refractivity contribution < 1.29 is 4.74 Å². The van der Waals surface area contributed by atoms with E-state index in [1.807, 2.05) is 6.92 Å². The molecule has 0 aliphatic rings. The van der Waals surface area contributed by atoms with Crippen LogP contribution >= 0.6 is 11.6 Å².